The van der Waals surface area contributed by atoms with Crippen LogP contribution in [0.15, 0.2) is 0 Å². The van der Waals surface area contributed by atoms with Gasteiger partial charge in [-0.25, -0.2) is 0 Å². The van der Waals surface area contributed by atoms with Crippen molar-refractivity contribution >= 4 is 11.8 Å². The van der Waals surface area contributed by atoms with E-state index < -0.39 is 0 Å². The van der Waals surface area contributed by atoms with Crippen molar-refractivity contribution < 1.29 is 19.4 Å². The Labute approximate surface area is 149 Å². The maximum atomic E-state index is 12.7. The molecule has 0 aromatic rings. The van der Waals surface area contributed by atoms with Crippen molar-refractivity contribution in [2.45, 2.75) is 25.7 Å². The van der Waals surface area contributed by atoms with Gasteiger partial charge < -0.3 is 19.6 Å². The number of hydrogen-bond acceptors (Lipinski definition) is 5. The van der Waals surface area contributed by atoms with E-state index >= 15 is 0 Å². The summed E-state index contributed by atoms with van der Waals surface area (Å²) in [6.45, 7) is 6.73. The molecular weight excluding hydrogens is 322 g/mol. The average Bonchev–Trinajstić information content (AvgIpc) is 2.64. The van der Waals surface area contributed by atoms with Crippen molar-refractivity contribution in [3.63, 3.8) is 0 Å². The minimum atomic E-state index is 0.0281. The van der Waals surface area contributed by atoms with Crippen LogP contribution in [0.2, 0.25) is 0 Å². The van der Waals surface area contributed by atoms with E-state index in [2.05, 4.69) is 4.90 Å². The zero-order chi connectivity index (χ0) is 17.6. The molecule has 3 aliphatic rings. The molecule has 3 heterocycles. The van der Waals surface area contributed by atoms with Gasteiger partial charge in [-0.05, 0) is 31.1 Å². The van der Waals surface area contributed by atoms with Gasteiger partial charge >= 0.3 is 0 Å². The van der Waals surface area contributed by atoms with Crippen LogP contribution in [-0.4, -0.2) is 97.3 Å². The molecular formula is C18H31N3O4. The summed E-state index contributed by atoms with van der Waals surface area (Å²) in [4.78, 5) is 30.7. The van der Waals surface area contributed by atoms with E-state index in [-0.39, 0.29) is 30.9 Å². The van der Waals surface area contributed by atoms with Crippen LogP contribution < -0.4 is 0 Å². The molecule has 3 saturated heterocycles. The summed E-state index contributed by atoms with van der Waals surface area (Å²) in [5.74, 6) is 0.645. The molecule has 7 heteroatoms. The number of ether oxygens (including phenoxy) is 1. The zero-order valence-electron chi connectivity index (χ0n) is 15.1. The van der Waals surface area contributed by atoms with E-state index in [1.807, 2.05) is 4.90 Å². The first-order valence-electron chi connectivity index (χ1n) is 9.62. The number of nitrogens with zero attached hydrogens (tertiary/aromatic N) is 3. The van der Waals surface area contributed by atoms with Crippen LogP contribution in [0.1, 0.15) is 25.7 Å². The Morgan fingerprint density at radius 3 is 2.60 bits per heavy atom. The lowest BCUT2D eigenvalue weighted by molar-refractivity contribution is -0.143. The van der Waals surface area contributed by atoms with Gasteiger partial charge in [0.1, 0.15) is 0 Å². The third kappa shape index (κ3) is 5.15. The summed E-state index contributed by atoms with van der Waals surface area (Å²) in [5.41, 5.74) is 0. The molecule has 2 atom stereocenters. The number of carbonyl (C=O) groups is 2. The normalized spacial score (nSPS) is 29.1. The smallest absolute Gasteiger partial charge is 0.242 e. The Kier molecular flexibility index (Phi) is 6.67. The Bertz CT molecular complexity index is 467. The number of carbonyl (C=O) groups excluding carboxylic acids is 2. The lowest BCUT2D eigenvalue weighted by Crippen LogP contribution is -2.52. The topological polar surface area (TPSA) is 73.3 Å². The van der Waals surface area contributed by atoms with E-state index in [4.69, 9.17) is 4.74 Å². The molecule has 0 radical (unpaired) electrons. The minimum Gasteiger partial charge on any atom is -0.396 e. The van der Waals surface area contributed by atoms with Gasteiger partial charge in [0, 0.05) is 52.3 Å². The fourth-order valence-corrected chi connectivity index (χ4v) is 4.23. The fraction of sp³-hybridized carbons (Fsp3) is 0.889. The number of piperidine rings is 2. The van der Waals surface area contributed by atoms with Gasteiger partial charge in [0.15, 0.2) is 0 Å². The van der Waals surface area contributed by atoms with Crippen molar-refractivity contribution in [3.05, 3.63) is 0 Å². The number of aliphatic hydroxyl groups excluding tert-OH is 1. The second-order valence-electron chi connectivity index (χ2n) is 7.63. The van der Waals surface area contributed by atoms with E-state index in [0.29, 0.717) is 25.4 Å². The SMILES string of the molecule is O=C1CCCCN1CC(=O)N1CC(CO)CC(CN2CCOCC2)C1. The predicted molar refractivity (Wildman–Crippen MR) is 93.0 cm³/mol. The van der Waals surface area contributed by atoms with Gasteiger partial charge in [-0.1, -0.05) is 0 Å². The zero-order valence-corrected chi connectivity index (χ0v) is 15.1. The van der Waals surface area contributed by atoms with Crippen LogP contribution in [-0.2, 0) is 14.3 Å². The van der Waals surface area contributed by atoms with Crippen LogP contribution in [0.25, 0.3) is 0 Å². The van der Waals surface area contributed by atoms with E-state index in [1.165, 1.54) is 0 Å². The molecule has 1 N–H and O–H groups in total. The Hall–Kier alpha value is -1.18. The highest BCUT2D eigenvalue weighted by atomic mass is 16.5. The second-order valence-corrected chi connectivity index (χ2v) is 7.63. The van der Waals surface area contributed by atoms with Crippen LogP contribution >= 0.6 is 0 Å². The average molecular weight is 353 g/mol. The maximum absolute atomic E-state index is 12.7. The highest BCUT2D eigenvalue weighted by molar-refractivity contribution is 5.85. The quantitative estimate of drug-likeness (QED) is 0.740. The van der Waals surface area contributed by atoms with Crippen molar-refractivity contribution in [3.8, 4) is 0 Å². The number of aliphatic hydroxyl groups is 1. The second kappa shape index (κ2) is 8.96. The first-order valence-corrected chi connectivity index (χ1v) is 9.62. The lowest BCUT2D eigenvalue weighted by atomic mass is 9.89. The molecule has 0 aromatic heterocycles. The van der Waals surface area contributed by atoms with Crippen molar-refractivity contribution in [1.29, 1.82) is 0 Å². The summed E-state index contributed by atoms with van der Waals surface area (Å²) >= 11 is 0. The fourth-order valence-electron chi connectivity index (χ4n) is 4.23. The van der Waals surface area contributed by atoms with Crippen LogP contribution in [0.3, 0.4) is 0 Å². The largest absolute Gasteiger partial charge is 0.396 e. The molecule has 7 nitrogen and oxygen atoms in total. The molecule has 2 amide bonds. The van der Waals surface area contributed by atoms with Crippen LogP contribution in [0.4, 0.5) is 0 Å². The Morgan fingerprint density at radius 2 is 1.88 bits per heavy atom. The number of morpholine rings is 1. The van der Waals surface area contributed by atoms with Gasteiger partial charge in [0.25, 0.3) is 0 Å². The first kappa shape index (κ1) is 18.6. The van der Waals surface area contributed by atoms with E-state index in [1.54, 1.807) is 4.90 Å². The van der Waals surface area contributed by atoms with Gasteiger partial charge in [-0.3, -0.25) is 14.5 Å². The highest BCUT2D eigenvalue weighted by Crippen LogP contribution is 2.23. The summed E-state index contributed by atoms with van der Waals surface area (Å²) in [7, 11) is 0. The highest BCUT2D eigenvalue weighted by Gasteiger charge is 2.32. The van der Waals surface area contributed by atoms with Gasteiger partial charge in [0.05, 0.1) is 19.8 Å². The van der Waals surface area contributed by atoms with Crippen molar-refractivity contribution in [2.24, 2.45) is 11.8 Å². The molecule has 0 saturated carbocycles. The molecule has 3 rings (SSSR count). The van der Waals surface area contributed by atoms with Crippen LogP contribution in [0.5, 0.6) is 0 Å². The molecule has 3 fully saturated rings. The molecule has 25 heavy (non-hydrogen) atoms. The lowest BCUT2D eigenvalue weighted by Gasteiger charge is -2.40. The van der Waals surface area contributed by atoms with E-state index in [0.717, 1.165) is 58.7 Å². The molecule has 3 aliphatic heterocycles. The number of hydrogen-bond donors (Lipinski definition) is 1. The van der Waals surface area contributed by atoms with Crippen molar-refractivity contribution in [1.82, 2.24) is 14.7 Å². The third-order valence-corrected chi connectivity index (χ3v) is 5.60. The summed E-state index contributed by atoms with van der Waals surface area (Å²) < 4.78 is 5.40. The summed E-state index contributed by atoms with van der Waals surface area (Å²) in [6, 6.07) is 0. The number of rotatable bonds is 5. The van der Waals surface area contributed by atoms with Crippen molar-refractivity contribution in [2.75, 3.05) is 65.6 Å². The standard InChI is InChI=1S/C18H31N3O4/c22-14-16-9-15(10-19-5-7-25-8-6-19)11-21(12-16)18(24)13-20-4-2-1-3-17(20)23/h15-16,22H,1-14H2. The first-order chi connectivity index (χ1) is 12.2. The minimum absolute atomic E-state index is 0.0281. The summed E-state index contributed by atoms with van der Waals surface area (Å²) in [5, 5.41) is 9.64. The Balaban J connectivity index is 1.55. The van der Waals surface area contributed by atoms with Gasteiger partial charge in [-0.2, -0.15) is 0 Å². The molecule has 142 valence electrons. The van der Waals surface area contributed by atoms with E-state index in [9.17, 15) is 14.7 Å². The molecule has 0 aromatic carbocycles. The Morgan fingerprint density at radius 1 is 1.12 bits per heavy atom. The van der Waals surface area contributed by atoms with Crippen LogP contribution in [0, 0.1) is 11.8 Å². The number of likely N-dealkylation sites (tertiary alicyclic amines) is 2. The maximum Gasteiger partial charge on any atom is 0.242 e. The molecule has 0 aliphatic carbocycles. The summed E-state index contributed by atoms with van der Waals surface area (Å²) in [6.07, 6.45) is 3.44. The van der Waals surface area contributed by atoms with Gasteiger partial charge in [-0.15, -0.1) is 0 Å². The molecule has 0 spiro atoms. The monoisotopic (exact) mass is 353 g/mol. The molecule has 0 bridgehead atoms. The predicted octanol–water partition coefficient (Wildman–Crippen LogP) is -0.212. The third-order valence-electron chi connectivity index (χ3n) is 5.60. The molecule has 2 unspecified atom stereocenters. The van der Waals surface area contributed by atoms with Gasteiger partial charge in [0.2, 0.25) is 11.8 Å². The number of amides is 2.